The lowest BCUT2D eigenvalue weighted by molar-refractivity contribution is 0.913. The predicted octanol–water partition coefficient (Wildman–Crippen LogP) is 3.27. The summed E-state index contributed by atoms with van der Waals surface area (Å²) in [5.74, 6) is 2.65. The van der Waals surface area contributed by atoms with Crippen LogP contribution in [-0.2, 0) is 0 Å². The van der Waals surface area contributed by atoms with Gasteiger partial charge in [-0.05, 0) is 24.9 Å². The average molecular weight is 178 g/mol. The molecule has 10 heavy (non-hydrogen) atoms. The first kappa shape index (κ1) is 10.7. The Labute approximate surface area is 73.5 Å². The Morgan fingerprint density at radius 3 is 2.40 bits per heavy atom. The van der Waals surface area contributed by atoms with Gasteiger partial charge >= 0.3 is 0 Å². The van der Waals surface area contributed by atoms with Crippen molar-refractivity contribution >= 4 is 23.5 Å². The number of hydrogen-bond donors (Lipinski definition) is 0. The molecule has 0 amide bonds. The largest absolute Gasteiger partial charge is 0.164 e. The van der Waals surface area contributed by atoms with Crippen molar-refractivity contribution in [2.75, 3.05) is 17.8 Å². The first-order valence-corrected chi connectivity index (χ1v) is 6.39. The normalized spacial score (nSPS) is 13.5. The van der Waals surface area contributed by atoms with Gasteiger partial charge in [0, 0.05) is 11.0 Å². The highest BCUT2D eigenvalue weighted by molar-refractivity contribution is 8.03. The maximum absolute atomic E-state index is 2.28. The van der Waals surface area contributed by atoms with Crippen LogP contribution in [0.1, 0.15) is 26.7 Å². The first-order valence-electron chi connectivity index (χ1n) is 3.95. The van der Waals surface area contributed by atoms with E-state index in [4.69, 9.17) is 0 Å². The molecule has 0 heterocycles. The van der Waals surface area contributed by atoms with E-state index in [9.17, 15) is 0 Å². The van der Waals surface area contributed by atoms with Crippen molar-refractivity contribution in [2.24, 2.45) is 0 Å². The van der Waals surface area contributed by atoms with Gasteiger partial charge in [0.1, 0.15) is 0 Å². The van der Waals surface area contributed by atoms with E-state index in [1.807, 2.05) is 11.8 Å². The summed E-state index contributed by atoms with van der Waals surface area (Å²) in [6, 6.07) is 0. The highest BCUT2D eigenvalue weighted by Crippen LogP contribution is 2.18. The molecule has 0 aromatic rings. The van der Waals surface area contributed by atoms with Crippen LogP contribution >= 0.6 is 23.5 Å². The summed E-state index contributed by atoms with van der Waals surface area (Å²) in [6.45, 7) is 4.53. The molecule has 0 aromatic carbocycles. The van der Waals surface area contributed by atoms with Crippen LogP contribution in [0.5, 0.6) is 0 Å². The van der Waals surface area contributed by atoms with Crippen LogP contribution in [0, 0.1) is 0 Å². The van der Waals surface area contributed by atoms with Crippen LogP contribution < -0.4 is 0 Å². The molecule has 0 fully saturated rings. The molecule has 62 valence electrons. The minimum absolute atomic E-state index is 0.898. The monoisotopic (exact) mass is 178 g/mol. The Balaban J connectivity index is 3.21. The maximum atomic E-state index is 2.28. The zero-order valence-electron chi connectivity index (χ0n) is 7.22. The van der Waals surface area contributed by atoms with Gasteiger partial charge in [-0.2, -0.15) is 23.5 Å². The molecule has 1 atom stereocenters. The molecule has 0 spiro atoms. The van der Waals surface area contributed by atoms with Gasteiger partial charge < -0.3 is 0 Å². The Morgan fingerprint density at radius 1 is 1.30 bits per heavy atom. The van der Waals surface area contributed by atoms with Gasteiger partial charge in [-0.3, -0.25) is 0 Å². The highest BCUT2D eigenvalue weighted by atomic mass is 32.2. The van der Waals surface area contributed by atoms with Gasteiger partial charge in [-0.15, -0.1) is 0 Å². The van der Waals surface area contributed by atoms with E-state index < -0.39 is 0 Å². The summed E-state index contributed by atoms with van der Waals surface area (Å²) in [7, 11) is 0. The third kappa shape index (κ3) is 5.48. The van der Waals surface area contributed by atoms with Gasteiger partial charge in [0.25, 0.3) is 0 Å². The summed E-state index contributed by atoms with van der Waals surface area (Å²) < 4.78 is 0. The molecule has 1 unspecified atom stereocenters. The van der Waals surface area contributed by atoms with Crippen molar-refractivity contribution in [1.82, 2.24) is 0 Å². The SMILES string of the molecule is CCCSC(CC)CSC. The standard InChI is InChI=1S/C8H18S2/c1-4-6-10-8(5-2)7-9-3/h8H,4-7H2,1-3H3. The van der Waals surface area contributed by atoms with Gasteiger partial charge in [0.05, 0.1) is 0 Å². The van der Waals surface area contributed by atoms with Crippen molar-refractivity contribution < 1.29 is 0 Å². The molecule has 0 saturated heterocycles. The van der Waals surface area contributed by atoms with Crippen LogP contribution in [-0.4, -0.2) is 23.0 Å². The van der Waals surface area contributed by atoms with Crippen LogP contribution in [0.25, 0.3) is 0 Å². The van der Waals surface area contributed by atoms with Crippen LogP contribution in [0.4, 0.5) is 0 Å². The van der Waals surface area contributed by atoms with E-state index in [0.29, 0.717) is 0 Å². The van der Waals surface area contributed by atoms with Gasteiger partial charge in [0.2, 0.25) is 0 Å². The second-order valence-corrected chi connectivity index (χ2v) is 4.68. The molecule has 2 heteroatoms. The van der Waals surface area contributed by atoms with Crippen molar-refractivity contribution in [3.8, 4) is 0 Å². The highest BCUT2D eigenvalue weighted by Gasteiger charge is 2.03. The van der Waals surface area contributed by atoms with E-state index >= 15 is 0 Å². The topological polar surface area (TPSA) is 0 Å². The van der Waals surface area contributed by atoms with Gasteiger partial charge in [-0.1, -0.05) is 13.8 Å². The summed E-state index contributed by atoms with van der Waals surface area (Å²) >= 11 is 4.09. The zero-order chi connectivity index (χ0) is 7.82. The quantitative estimate of drug-likeness (QED) is 0.612. The predicted molar refractivity (Wildman–Crippen MR) is 55.2 cm³/mol. The van der Waals surface area contributed by atoms with E-state index in [2.05, 4.69) is 31.9 Å². The van der Waals surface area contributed by atoms with Crippen LogP contribution in [0.15, 0.2) is 0 Å². The first-order chi connectivity index (χ1) is 4.85. The number of thioether (sulfide) groups is 2. The molecule has 0 nitrogen and oxygen atoms in total. The molecule has 0 aromatic heterocycles. The minimum atomic E-state index is 0.898. The van der Waals surface area contributed by atoms with Gasteiger partial charge in [-0.25, -0.2) is 0 Å². The zero-order valence-corrected chi connectivity index (χ0v) is 8.86. The van der Waals surface area contributed by atoms with Crippen molar-refractivity contribution in [1.29, 1.82) is 0 Å². The number of hydrogen-bond acceptors (Lipinski definition) is 2. The van der Waals surface area contributed by atoms with Gasteiger partial charge in [0.15, 0.2) is 0 Å². The van der Waals surface area contributed by atoms with E-state index in [1.165, 1.54) is 24.3 Å². The van der Waals surface area contributed by atoms with E-state index in [0.717, 1.165) is 5.25 Å². The summed E-state index contributed by atoms with van der Waals surface area (Å²) in [4.78, 5) is 0. The summed E-state index contributed by atoms with van der Waals surface area (Å²) in [5.41, 5.74) is 0. The Hall–Kier alpha value is 0.700. The smallest absolute Gasteiger partial charge is 0.0135 e. The Morgan fingerprint density at radius 2 is 2.00 bits per heavy atom. The minimum Gasteiger partial charge on any atom is -0.164 e. The average Bonchev–Trinajstić information content (AvgIpc) is 1.98. The van der Waals surface area contributed by atoms with Crippen molar-refractivity contribution in [2.45, 2.75) is 31.9 Å². The molecule has 0 rings (SSSR count). The lowest BCUT2D eigenvalue weighted by Gasteiger charge is -2.11. The van der Waals surface area contributed by atoms with E-state index in [1.54, 1.807) is 0 Å². The maximum Gasteiger partial charge on any atom is 0.0135 e. The third-order valence-corrected chi connectivity index (χ3v) is 3.93. The number of rotatable bonds is 6. The molecule has 0 bridgehead atoms. The fourth-order valence-electron chi connectivity index (χ4n) is 0.754. The van der Waals surface area contributed by atoms with E-state index in [-0.39, 0.29) is 0 Å². The van der Waals surface area contributed by atoms with Crippen molar-refractivity contribution in [3.63, 3.8) is 0 Å². The van der Waals surface area contributed by atoms with Crippen LogP contribution in [0.3, 0.4) is 0 Å². The third-order valence-electron chi connectivity index (χ3n) is 1.37. The summed E-state index contributed by atoms with van der Waals surface area (Å²) in [5, 5.41) is 0.898. The summed E-state index contributed by atoms with van der Waals surface area (Å²) in [6.07, 6.45) is 4.83. The fourth-order valence-corrected chi connectivity index (χ4v) is 2.96. The molecule has 0 aliphatic carbocycles. The molecule has 0 radical (unpaired) electrons. The Bertz CT molecular complexity index is 64.3. The molecule has 0 saturated carbocycles. The lowest BCUT2D eigenvalue weighted by Crippen LogP contribution is -2.04. The molecule has 0 N–H and O–H groups in total. The second kappa shape index (κ2) is 7.80. The molecular formula is C8H18S2. The molecular weight excluding hydrogens is 160 g/mol. The fraction of sp³-hybridized carbons (Fsp3) is 1.00. The molecule has 0 aliphatic heterocycles. The second-order valence-electron chi connectivity index (χ2n) is 2.36. The van der Waals surface area contributed by atoms with Crippen LogP contribution in [0.2, 0.25) is 0 Å². The lowest BCUT2D eigenvalue weighted by atomic mass is 10.4. The molecule has 0 aliphatic rings. The van der Waals surface area contributed by atoms with Crippen molar-refractivity contribution in [3.05, 3.63) is 0 Å². The Kier molecular flexibility index (Phi) is 8.35.